The number of hydrogen-bond donors (Lipinski definition) is 3. The van der Waals surface area contributed by atoms with E-state index in [9.17, 15) is 4.79 Å². The fourth-order valence-electron chi connectivity index (χ4n) is 4.83. The highest BCUT2D eigenvalue weighted by Gasteiger charge is 2.26. The number of nitrogens with two attached hydrogens (primary N) is 1. The first-order chi connectivity index (χ1) is 15.5. The van der Waals surface area contributed by atoms with Crippen LogP contribution in [0.5, 0.6) is 5.75 Å². The predicted molar refractivity (Wildman–Crippen MR) is 132 cm³/mol. The van der Waals surface area contributed by atoms with Crippen LogP contribution >= 0.6 is 11.6 Å². The average Bonchev–Trinajstić information content (AvgIpc) is 2.80. The number of benzene rings is 1. The Hall–Kier alpha value is -1.54. The Labute approximate surface area is 198 Å². The molecule has 0 unspecified atom stereocenters. The molecule has 0 radical (unpaired) electrons. The van der Waals surface area contributed by atoms with Gasteiger partial charge in [0.2, 0.25) is 0 Å². The number of halogens is 1. The molecule has 1 aromatic carbocycles. The molecule has 7 nitrogen and oxygen atoms in total. The Balaban J connectivity index is 1.37. The zero-order chi connectivity index (χ0) is 22.9. The van der Waals surface area contributed by atoms with E-state index in [1.54, 1.807) is 12.1 Å². The van der Waals surface area contributed by atoms with Crippen LogP contribution in [0.15, 0.2) is 12.1 Å². The second-order valence-corrected chi connectivity index (χ2v) is 9.63. The van der Waals surface area contributed by atoms with E-state index in [0.717, 1.165) is 38.4 Å². The molecular weight excluding hydrogens is 426 g/mol. The molecule has 180 valence electrons. The monoisotopic (exact) mass is 465 g/mol. The quantitative estimate of drug-likeness (QED) is 0.364. The van der Waals surface area contributed by atoms with Crippen LogP contribution in [0.4, 0.5) is 5.69 Å². The topological polar surface area (TPSA) is 82.9 Å². The molecule has 1 aromatic rings. The van der Waals surface area contributed by atoms with Crippen LogP contribution in [0, 0.1) is 5.92 Å². The number of amides is 1. The summed E-state index contributed by atoms with van der Waals surface area (Å²) in [7, 11) is 3.56. The van der Waals surface area contributed by atoms with Gasteiger partial charge in [-0.2, -0.15) is 0 Å². The first-order valence-corrected chi connectivity index (χ1v) is 12.4. The lowest BCUT2D eigenvalue weighted by molar-refractivity contribution is 0.0887. The van der Waals surface area contributed by atoms with Gasteiger partial charge in [0.15, 0.2) is 0 Å². The lowest BCUT2D eigenvalue weighted by Gasteiger charge is -2.38. The number of hydrogen-bond acceptors (Lipinski definition) is 6. The van der Waals surface area contributed by atoms with Crippen molar-refractivity contribution in [2.24, 2.45) is 5.92 Å². The first-order valence-electron chi connectivity index (χ1n) is 12.0. The molecule has 0 bridgehead atoms. The van der Waals surface area contributed by atoms with Gasteiger partial charge in [-0.3, -0.25) is 4.79 Å². The van der Waals surface area contributed by atoms with Crippen molar-refractivity contribution in [1.82, 2.24) is 20.4 Å². The van der Waals surface area contributed by atoms with E-state index in [1.165, 1.54) is 59.0 Å². The highest BCUT2D eigenvalue weighted by Crippen LogP contribution is 2.29. The summed E-state index contributed by atoms with van der Waals surface area (Å²) in [5, 5.41) is 6.76. The average molecular weight is 466 g/mol. The number of methoxy groups -OCH3 is 1. The summed E-state index contributed by atoms with van der Waals surface area (Å²) < 4.78 is 5.32. The second-order valence-electron chi connectivity index (χ2n) is 9.22. The molecule has 3 rings (SSSR count). The van der Waals surface area contributed by atoms with E-state index in [1.807, 2.05) is 7.05 Å². The number of rotatable bonds is 10. The van der Waals surface area contributed by atoms with Crippen molar-refractivity contribution in [3.8, 4) is 5.75 Å². The van der Waals surface area contributed by atoms with Crippen molar-refractivity contribution in [2.75, 3.05) is 65.7 Å². The van der Waals surface area contributed by atoms with Crippen LogP contribution in [-0.2, 0) is 0 Å². The largest absolute Gasteiger partial charge is 0.496 e. The Kier molecular flexibility index (Phi) is 9.91. The number of ether oxygens (including phenoxy) is 1. The third-order valence-electron chi connectivity index (χ3n) is 6.86. The molecule has 2 aliphatic rings. The van der Waals surface area contributed by atoms with E-state index >= 15 is 0 Å². The lowest BCUT2D eigenvalue weighted by atomic mass is 9.94. The zero-order valence-corrected chi connectivity index (χ0v) is 20.4. The van der Waals surface area contributed by atoms with Crippen LogP contribution in [0.2, 0.25) is 5.02 Å². The van der Waals surface area contributed by atoms with Crippen LogP contribution < -0.4 is 21.1 Å². The summed E-state index contributed by atoms with van der Waals surface area (Å²) in [4.78, 5) is 18.0. The van der Waals surface area contributed by atoms with Gasteiger partial charge < -0.3 is 30.9 Å². The van der Waals surface area contributed by atoms with Gasteiger partial charge in [-0.05, 0) is 83.7 Å². The van der Waals surface area contributed by atoms with Crippen molar-refractivity contribution in [3.05, 3.63) is 22.7 Å². The van der Waals surface area contributed by atoms with E-state index in [0.29, 0.717) is 22.0 Å². The maximum absolute atomic E-state index is 12.8. The Bertz CT molecular complexity index is 731. The molecule has 4 N–H and O–H groups in total. The van der Waals surface area contributed by atoms with E-state index < -0.39 is 0 Å². The predicted octanol–water partition coefficient (Wildman–Crippen LogP) is 2.84. The SMILES string of the molecule is CNCCCCN1CCC(CN2CCC(NC(=O)c3cc(Cl)c(N)cc3OC)CC2)CC1. The summed E-state index contributed by atoms with van der Waals surface area (Å²) in [6.45, 7) is 8.10. The highest BCUT2D eigenvalue weighted by atomic mass is 35.5. The molecule has 0 aromatic heterocycles. The summed E-state index contributed by atoms with van der Waals surface area (Å²) in [5.41, 5.74) is 6.67. The fraction of sp³-hybridized carbons (Fsp3) is 0.708. The first kappa shape index (κ1) is 25.1. The molecule has 1 amide bonds. The number of piperidine rings is 2. The Morgan fingerprint density at radius 1 is 1.12 bits per heavy atom. The summed E-state index contributed by atoms with van der Waals surface area (Å²) in [5.74, 6) is 1.11. The van der Waals surface area contributed by atoms with Gasteiger partial charge in [0.05, 0.1) is 23.4 Å². The molecule has 2 saturated heterocycles. The van der Waals surface area contributed by atoms with Crippen molar-refractivity contribution in [3.63, 3.8) is 0 Å². The maximum atomic E-state index is 12.8. The smallest absolute Gasteiger partial charge is 0.255 e. The van der Waals surface area contributed by atoms with Gasteiger partial charge >= 0.3 is 0 Å². The maximum Gasteiger partial charge on any atom is 0.255 e. The molecule has 0 saturated carbocycles. The van der Waals surface area contributed by atoms with Gasteiger partial charge in [-0.15, -0.1) is 0 Å². The minimum Gasteiger partial charge on any atom is -0.496 e. The third-order valence-corrected chi connectivity index (χ3v) is 7.19. The van der Waals surface area contributed by atoms with Gasteiger partial charge in [0, 0.05) is 31.7 Å². The molecule has 8 heteroatoms. The Morgan fingerprint density at radius 3 is 2.47 bits per heavy atom. The number of nitrogens with one attached hydrogen (secondary N) is 2. The molecule has 2 heterocycles. The number of unbranched alkanes of at least 4 members (excludes halogenated alkanes) is 1. The molecular formula is C24H40ClN5O2. The highest BCUT2D eigenvalue weighted by molar-refractivity contribution is 6.33. The van der Waals surface area contributed by atoms with Gasteiger partial charge in [0.1, 0.15) is 5.75 Å². The summed E-state index contributed by atoms with van der Waals surface area (Å²) in [6, 6.07) is 3.38. The number of likely N-dealkylation sites (tertiary alicyclic amines) is 2. The summed E-state index contributed by atoms with van der Waals surface area (Å²) in [6.07, 6.45) is 7.11. The van der Waals surface area contributed by atoms with E-state index in [4.69, 9.17) is 22.1 Å². The summed E-state index contributed by atoms with van der Waals surface area (Å²) >= 11 is 6.12. The van der Waals surface area contributed by atoms with Crippen molar-refractivity contribution >= 4 is 23.2 Å². The molecule has 2 aliphatic heterocycles. The Morgan fingerprint density at radius 2 is 1.81 bits per heavy atom. The van der Waals surface area contributed by atoms with E-state index in [-0.39, 0.29) is 11.9 Å². The molecule has 0 spiro atoms. The zero-order valence-electron chi connectivity index (χ0n) is 19.7. The molecule has 0 aliphatic carbocycles. The van der Waals surface area contributed by atoms with Gasteiger partial charge in [0.25, 0.3) is 5.91 Å². The normalized spacial score (nSPS) is 19.2. The van der Waals surface area contributed by atoms with Crippen LogP contribution in [-0.4, -0.2) is 81.7 Å². The molecule has 0 atom stereocenters. The number of carbonyl (C=O) groups excluding carboxylic acids is 1. The molecule has 32 heavy (non-hydrogen) atoms. The van der Waals surface area contributed by atoms with Gasteiger partial charge in [-0.25, -0.2) is 0 Å². The van der Waals surface area contributed by atoms with E-state index in [2.05, 4.69) is 20.4 Å². The van der Waals surface area contributed by atoms with Crippen LogP contribution in [0.1, 0.15) is 48.9 Å². The standard InChI is InChI=1S/C24H40ClN5O2/c1-27-9-3-4-10-29-11-5-18(6-12-29)17-30-13-7-19(8-14-30)28-24(31)20-15-21(25)22(26)16-23(20)32-2/h15-16,18-19,27H,3-14,17,26H2,1-2H3,(H,28,31). The van der Waals surface area contributed by atoms with Gasteiger partial charge in [-0.1, -0.05) is 11.6 Å². The minimum absolute atomic E-state index is 0.149. The number of carbonyl (C=O) groups is 1. The van der Waals surface area contributed by atoms with Crippen LogP contribution in [0.25, 0.3) is 0 Å². The number of nitrogens with zero attached hydrogens (tertiary/aromatic N) is 2. The molecule has 2 fully saturated rings. The van der Waals surface area contributed by atoms with Crippen LogP contribution in [0.3, 0.4) is 0 Å². The van der Waals surface area contributed by atoms with Crippen molar-refractivity contribution < 1.29 is 9.53 Å². The van der Waals surface area contributed by atoms with Crippen molar-refractivity contribution in [1.29, 1.82) is 0 Å². The number of nitrogen functional groups attached to an aromatic ring is 1. The fourth-order valence-corrected chi connectivity index (χ4v) is 5.00. The second kappa shape index (κ2) is 12.6. The third kappa shape index (κ3) is 7.24. The lowest BCUT2D eigenvalue weighted by Crippen LogP contribution is -2.47. The minimum atomic E-state index is -0.149. The number of anilines is 1. The van der Waals surface area contributed by atoms with Crippen molar-refractivity contribution in [2.45, 2.75) is 44.6 Å².